The monoisotopic (exact) mass is 284 g/mol. The summed E-state index contributed by atoms with van der Waals surface area (Å²) in [4.78, 5) is 8.55. The number of anilines is 3. The number of methoxy groups -OCH3 is 1. The van der Waals surface area contributed by atoms with Gasteiger partial charge in [0.05, 0.1) is 7.11 Å². The maximum Gasteiger partial charge on any atom is 0.135 e. The first-order valence-corrected chi connectivity index (χ1v) is 7.33. The molecule has 0 saturated heterocycles. The van der Waals surface area contributed by atoms with Crippen LogP contribution < -0.4 is 15.4 Å². The normalized spacial score (nSPS) is 14.9. The van der Waals surface area contributed by atoms with Gasteiger partial charge in [0.1, 0.15) is 23.7 Å². The highest BCUT2D eigenvalue weighted by atomic mass is 16.5. The quantitative estimate of drug-likeness (QED) is 0.878. The van der Waals surface area contributed by atoms with Crippen molar-refractivity contribution in [3.63, 3.8) is 0 Å². The molecule has 3 rings (SSSR count). The maximum absolute atomic E-state index is 5.22. The molecule has 0 unspecified atom stereocenters. The first-order valence-electron chi connectivity index (χ1n) is 7.33. The molecule has 0 spiro atoms. The van der Waals surface area contributed by atoms with Crippen molar-refractivity contribution in [2.24, 2.45) is 0 Å². The van der Waals surface area contributed by atoms with Gasteiger partial charge < -0.3 is 15.4 Å². The smallest absolute Gasteiger partial charge is 0.135 e. The van der Waals surface area contributed by atoms with E-state index in [4.69, 9.17) is 4.74 Å². The Kier molecular flexibility index (Phi) is 4.19. The minimum Gasteiger partial charge on any atom is -0.497 e. The molecule has 110 valence electrons. The van der Waals surface area contributed by atoms with Gasteiger partial charge in [-0.05, 0) is 25.0 Å². The van der Waals surface area contributed by atoms with Gasteiger partial charge >= 0.3 is 0 Å². The summed E-state index contributed by atoms with van der Waals surface area (Å²) in [6.07, 6.45) is 6.64. The Bertz CT molecular complexity index is 596. The summed E-state index contributed by atoms with van der Waals surface area (Å²) in [5, 5.41) is 6.75. The van der Waals surface area contributed by atoms with Crippen LogP contribution >= 0.6 is 0 Å². The fraction of sp³-hybridized carbons (Fsp3) is 0.375. The summed E-state index contributed by atoms with van der Waals surface area (Å²) in [6, 6.07) is 10.3. The molecule has 1 aliphatic rings. The van der Waals surface area contributed by atoms with Crippen molar-refractivity contribution >= 4 is 17.3 Å². The molecular weight excluding hydrogens is 264 g/mol. The van der Waals surface area contributed by atoms with Crippen LogP contribution in [0.25, 0.3) is 0 Å². The van der Waals surface area contributed by atoms with Crippen molar-refractivity contribution < 1.29 is 4.74 Å². The number of ether oxygens (including phenoxy) is 1. The SMILES string of the molecule is COc1cccc(Nc2cc(NC3CCCC3)ncn2)c1. The van der Waals surface area contributed by atoms with Crippen LogP contribution in [-0.4, -0.2) is 23.1 Å². The Morgan fingerprint density at radius 2 is 1.90 bits per heavy atom. The highest BCUT2D eigenvalue weighted by molar-refractivity contribution is 5.60. The van der Waals surface area contributed by atoms with E-state index in [-0.39, 0.29) is 0 Å². The van der Waals surface area contributed by atoms with Crippen LogP contribution in [0, 0.1) is 0 Å². The maximum atomic E-state index is 5.22. The number of nitrogens with zero attached hydrogens (tertiary/aromatic N) is 2. The summed E-state index contributed by atoms with van der Waals surface area (Å²) < 4.78 is 5.22. The third-order valence-corrected chi connectivity index (χ3v) is 3.72. The standard InChI is InChI=1S/C16H20N4O/c1-21-14-8-4-7-13(9-14)20-16-10-15(17-11-18-16)19-12-5-2-3-6-12/h4,7-12H,2-3,5-6H2,1H3,(H2,17,18,19,20). The highest BCUT2D eigenvalue weighted by Crippen LogP contribution is 2.24. The molecule has 0 atom stereocenters. The lowest BCUT2D eigenvalue weighted by molar-refractivity contribution is 0.415. The third-order valence-electron chi connectivity index (χ3n) is 3.72. The first kappa shape index (κ1) is 13.7. The van der Waals surface area contributed by atoms with Gasteiger partial charge in [0.25, 0.3) is 0 Å². The lowest BCUT2D eigenvalue weighted by atomic mass is 10.2. The molecule has 0 amide bonds. The zero-order chi connectivity index (χ0) is 14.5. The fourth-order valence-electron chi connectivity index (χ4n) is 2.63. The van der Waals surface area contributed by atoms with E-state index >= 15 is 0 Å². The van der Waals surface area contributed by atoms with Gasteiger partial charge in [0, 0.05) is 23.9 Å². The van der Waals surface area contributed by atoms with Gasteiger partial charge in [0.15, 0.2) is 0 Å². The molecule has 0 bridgehead atoms. The molecule has 2 N–H and O–H groups in total. The Balaban J connectivity index is 1.70. The summed E-state index contributed by atoms with van der Waals surface area (Å²) in [5.74, 6) is 2.47. The van der Waals surface area contributed by atoms with E-state index in [9.17, 15) is 0 Å². The topological polar surface area (TPSA) is 59.1 Å². The molecule has 0 radical (unpaired) electrons. The van der Waals surface area contributed by atoms with E-state index in [0.29, 0.717) is 6.04 Å². The van der Waals surface area contributed by atoms with Gasteiger partial charge in [-0.3, -0.25) is 0 Å². The highest BCUT2D eigenvalue weighted by Gasteiger charge is 2.15. The molecular formula is C16H20N4O. The van der Waals surface area contributed by atoms with Crippen molar-refractivity contribution in [2.45, 2.75) is 31.7 Å². The minimum absolute atomic E-state index is 0.546. The number of nitrogens with one attached hydrogen (secondary N) is 2. The molecule has 5 nitrogen and oxygen atoms in total. The average molecular weight is 284 g/mol. The van der Waals surface area contributed by atoms with E-state index < -0.39 is 0 Å². The van der Waals surface area contributed by atoms with Crippen LogP contribution in [0.15, 0.2) is 36.7 Å². The Labute approximate surface area is 124 Å². The molecule has 1 aliphatic carbocycles. The van der Waals surface area contributed by atoms with E-state index in [1.807, 2.05) is 30.3 Å². The van der Waals surface area contributed by atoms with E-state index in [1.165, 1.54) is 25.7 Å². The summed E-state index contributed by atoms with van der Waals surface area (Å²) in [7, 11) is 1.66. The fourth-order valence-corrected chi connectivity index (χ4v) is 2.63. The molecule has 2 aromatic rings. The van der Waals surface area contributed by atoms with E-state index in [0.717, 1.165) is 23.1 Å². The number of benzene rings is 1. The number of aromatic nitrogens is 2. The molecule has 1 fully saturated rings. The van der Waals surface area contributed by atoms with Gasteiger partial charge in [-0.15, -0.1) is 0 Å². The van der Waals surface area contributed by atoms with Crippen molar-refractivity contribution in [2.75, 3.05) is 17.7 Å². The second-order valence-corrected chi connectivity index (χ2v) is 5.27. The molecule has 5 heteroatoms. The van der Waals surface area contributed by atoms with Crippen molar-refractivity contribution in [1.82, 2.24) is 9.97 Å². The molecule has 1 aromatic heterocycles. The number of hydrogen-bond donors (Lipinski definition) is 2. The second kappa shape index (κ2) is 6.43. The number of hydrogen-bond acceptors (Lipinski definition) is 5. The lowest BCUT2D eigenvalue weighted by Gasteiger charge is -2.13. The van der Waals surface area contributed by atoms with Gasteiger partial charge in [-0.1, -0.05) is 18.9 Å². The Morgan fingerprint density at radius 1 is 1.10 bits per heavy atom. The second-order valence-electron chi connectivity index (χ2n) is 5.27. The number of rotatable bonds is 5. The summed E-state index contributed by atoms with van der Waals surface area (Å²) >= 11 is 0. The van der Waals surface area contributed by atoms with Gasteiger partial charge in [-0.25, -0.2) is 9.97 Å². The van der Waals surface area contributed by atoms with E-state index in [2.05, 4.69) is 20.6 Å². The van der Waals surface area contributed by atoms with Crippen molar-refractivity contribution in [1.29, 1.82) is 0 Å². The molecule has 0 aliphatic heterocycles. The Morgan fingerprint density at radius 3 is 2.71 bits per heavy atom. The predicted molar refractivity (Wildman–Crippen MR) is 84.2 cm³/mol. The average Bonchev–Trinajstić information content (AvgIpc) is 3.01. The summed E-state index contributed by atoms with van der Waals surface area (Å²) in [5.41, 5.74) is 0.944. The van der Waals surface area contributed by atoms with Crippen LogP contribution in [0.5, 0.6) is 5.75 Å². The van der Waals surface area contributed by atoms with Crippen molar-refractivity contribution in [3.8, 4) is 5.75 Å². The lowest BCUT2D eigenvalue weighted by Crippen LogP contribution is -2.15. The van der Waals surface area contributed by atoms with Crippen molar-refractivity contribution in [3.05, 3.63) is 36.7 Å². The van der Waals surface area contributed by atoms with Crippen LogP contribution in [0.2, 0.25) is 0 Å². The third kappa shape index (κ3) is 3.62. The Hall–Kier alpha value is -2.30. The van der Waals surface area contributed by atoms with Gasteiger partial charge in [0.2, 0.25) is 0 Å². The zero-order valence-electron chi connectivity index (χ0n) is 12.2. The largest absolute Gasteiger partial charge is 0.497 e. The van der Waals surface area contributed by atoms with Crippen LogP contribution in [0.1, 0.15) is 25.7 Å². The minimum atomic E-state index is 0.546. The van der Waals surface area contributed by atoms with Crippen LogP contribution in [0.4, 0.5) is 17.3 Å². The van der Waals surface area contributed by atoms with Gasteiger partial charge in [-0.2, -0.15) is 0 Å². The molecule has 1 heterocycles. The molecule has 1 aromatic carbocycles. The van der Waals surface area contributed by atoms with Crippen LogP contribution in [0.3, 0.4) is 0 Å². The molecule has 21 heavy (non-hydrogen) atoms. The van der Waals surface area contributed by atoms with E-state index in [1.54, 1.807) is 13.4 Å². The molecule has 1 saturated carbocycles. The first-order chi connectivity index (χ1) is 10.3. The summed E-state index contributed by atoms with van der Waals surface area (Å²) in [6.45, 7) is 0. The predicted octanol–water partition coefficient (Wildman–Crippen LogP) is 3.58. The van der Waals surface area contributed by atoms with Crippen LogP contribution in [-0.2, 0) is 0 Å². The zero-order valence-corrected chi connectivity index (χ0v) is 12.2.